The highest BCUT2D eigenvalue weighted by molar-refractivity contribution is 5.76. The Bertz CT molecular complexity index is 1210. The van der Waals surface area contributed by atoms with Gasteiger partial charge in [0.05, 0.1) is 5.92 Å². The van der Waals surface area contributed by atoms with Crippen molar-refractivity contribution in [2.75, 3.05) is 0 Å². The van der Waals surface area contributed by atoms with Crippen LogP contribution in [0.25, 0.3) is 11.4 Å². The molecule has 0 radical (unpaired) electrons. The molecule has 1 heterocycles. The number of benzene rings is 3. The smallest absolute Gasteiger partial charge is 0.234 e. The predicted molar refractivity (Wildman–Crippen MR) is 113 cm³/mol. The van der Waals surface area contributed by atoms with E-state index in [4.69, 9.17) is 4.52 Å². The molecule has 1 atom stereocenters. The molecule has 3 aromatic carbocycles. The van der Waals surface area contributed by atoms with Crippen LogP contribution in [0.2, 0.25) is 0 Å². The summed E-state index contributed by atoms with van der Waals surface area (Å²) in [6.45, 7) is 4.04. The van der Waals surface area contributed by atoms with E-state index >= 15 is 0 Å². The van der Waals surface area contributed by atoms with Crippen LogP contribution in [-0.4, -0.2) is 16.4 Å². The lowest BCUT2D eigenvalue weighted by Crippen LogP contribution is -2.07. The van der Waals surface area contributed by atoms with E-state index in [2.05, 4.69) is 10.1 Å². The first-order valence-corrected chi connectivity index (χ1v) is 9.84. The average molecular weight is 418 g/mol. The summed E-state index contributed by atoms with van der Waals surface area (Å²) in [7, 11) is 0. The van der Waals surface area contributed by atoms with Crippen LogP contribution in [0, 0.1) is 25.5 Å². The third-order valence-corrected chi connectivity index (χ3v) is 5.34. The van der Waals surface area contributed by atoms with E-state index in [0.717, 1.165) is 29.0 Å². The molecule has 0 aliphatic heterocycles. The second kappa shape index (κ2) is 8.60. The summed E-state index contributed by atoms with van der Waals surface area (Å²) < 4.78 is 33.5. The van der Waals surface area contributed by atoms with Gasteiger partial charge in [-0.1, -0.05) is 47.6 Å². The number of aryl methyl sites for hydroxylation is 2. The van der Waals surface area contributed by atoms with Gasteiger partial charge in [-0.25, -0.2) is 8.78 Å². The Hall–Kier alpha value is -3.67. The molecule has 0 bridgehead atoms. The Kier molecular flexibility index (Phi) is 5.71. The molecular weight excluding hydrogens is 398 g/mol. The zero-order valence-electron chi connectivity index (χ0n) is 17.1. The van der Waals surface area contributed by atoms with Crippen molar-refractivity contribution < 1.29 is 18.1 Å². The molecule has 0 aliphatic carbocycles. The molecule has 1 unspecified atom stereocenters. The Labute approximate surface area is 178 Å². The predicted octanol–water partition coefficient (Wildman–Crippen LogP) is 5.82. The third kappa shape index (κ3) is 4.58. The zero-order valence-corrected chi connectivity index (χ0v) is 17.1. The quantitative estimate of drug-likeness (QED) is 0.370. The second-order valence-electron chi connectivity index (χ2n) is 7.57. The van der Waals surface area contributed by atoms with Crippen molar-refractivity contribution in [2.45, 2.75) is 26.2 Å². The molecule has 1 aromatic heterocycles. The summed E-state index contributed by atoms with van der Waals surface area (Å²) in [5.74, 6) is -1.25. The maximum absolute atomic E-state index is 14.0. The number of carbonyl (C=O) groups is 1. The highest BCUT2D eigenvalue weighted by Crippen LogP contribution is 2.31. The minimum Gasteiger partial charge on any atom is -0.338 e. The molecule has 156 valence electrons. The van der Waals surface area contributed by atoms with E-state index in [1.807, 2.05) is 32.0 Å². The van der Waals surface area contributed by atoms with Crippen molar-refractivity contribution in [1.82, 2.24) is 10.1 Å². The number of halogens is 2. The fraction of sp³-hybridized carbons (Fsp3) is 0.160. The first kappa shape index (κ1) is 20.6. The number of hydrogen-bond acceptors (Lipinski definition) is 4. The van der Waals surface area contributed by atoms with Crippen LogP contribution in [0.5, 0.6) is 0 Å². The van der Waals surface area contributed by atoms with Crippen LogP contribution >= 0.6 is 0 Å². The van der Waals surface area contributed by atoms with E-state index in [1.165, 1.54) is 12.1 Å². The van der Waals surface area contributed by atoms with Crippen molar-refractivity contribution >= 4 is 6.29 Å². The van der Waals surface area contributed by atoms with Gasteiger partial charge in [-0.05, 0) is 54.7 Å². The number of hydrogen-bond donors (Lipinski definition) is 0. The van der Waals surface area contributed by atoms with Crippen molar-refractivity contribution in [1.29, 1.82) is 0 Å². The molecular formula is C25H20F2N2O2. The Morgan fingerprint density at radius 1 is 0.935 bits per heavy atom. The van der Waals surface area contributed by atoms with E-state index in [9.17, 15) is 13.6 Å². The van der Waals surface area contributed by atoms with Crippen molar-refractivity contribution in [3.8, 4) is 11.4 Å². The Balaban J connectivity index is 1.74. The van der Waals surface area contributed by atoms with Gasteiger partial charge in [-0.3, -0.25) is 4.79 Å². The van der Waals surface area contributed by atoms with Crippen LogP contribution in [0.4, 0.5) is 8.78 Å². The molecule has 6 heteroatoms. The molecule has 0 aliphatic rings. The van der Waals surface area contributed by atoms with Gasteiger partial charge in [0.25, 0.3) is 0 Å². The normalized spacial score (nSPS) is 12.0. The maximum atomic E-state index is 14.0. The summed E-state index contributed by atoms with van der Waals surface area (Å²) in [6.07, 6.45) is 1.19. The van der Waals surface area contributed by atoms with Gasteiger partial charge in [0.2, 0.25) is 11.7 Å². The van der Waals surface area contributed by atoms with Gasteiger partial charge in [0.15, 0.2) is 0 Å². The lowest BCUT2D eigenvalue weighted by Gasteiger charge is -2.15. The van der Waals surface area contributed by atoms with Crippen molar-refractivity contribution in [3.63, 3.8) is 0 Å². The third-order valence-electron chi connectivity index (χ3n) is 5.34. The molecule has 0 spiro atoms. The van der Waals surface area contributed by atoms with Crippen LogP contribution in [-0.2, 0) is 6.42 Å². The van der Waals surface area contributed by atoms with Crippen molar-refractivity contribution in [3.05, 3.63) is 106 Å². The van der Waals surface area contributed by atoms with E-state index in [-0.39, 0.29) is 5.89 Å². The van der Waals surface area contributed by atoms with Gasteiger partial charge in [0.1, 0.15) is 17.9 Å². The first-order chi connectivity index (χ1) is 14.9. The summed E-state index contributed by atoms with van der Waals surface area (Å²) in [5.41, 5.74) is 4.92. The number of aldehydes is 1. The summed E-state index contributed by atoms with van der Waals surface area (Å²) in [6, 6.07) is 16.2. The molecule has 0 saturated heterocycles. The van der Waals surface area contributed by atoms with Crippen LogP contribution in [0.15, 0.2) is 65.2 Å². The molecule has 31 heavy (non-hydrogen) atoms. The van der Waals surface area contributed by atoms with Gasteiger partial charge in [-0.2, -0.15) is 4.98 Å². The molecule has 4 nitrogen and oxygen atoms in total. The monoisotopic (exact) mass is 418 g/mol. The Morgan fingerprint density at radius 3 is 2.29 bits per heavy atom. The molecule has 4 aromatic rings. The van der Waals surface area contributed by atoms with Gasteiger partial charge < -0.3 is 4.52 Å². The van der Waals surface area contributed by atoms with E-state index in [1.54, 1.807) is 24.3 Å². The topological polar surface area (TPSA) is 56.0 Å². The summed E-state index contributed by atoms with van der Waals surface area (Å²) >= 11 is 0. The minimum atomic E-state index is -0.663. The lowest BCUT2D eigenvalue weighted by molar-refractivity contribution is 0.112. The number of aromatic nitrogens is 2. The van der Waals surface area contributed by atoms with Gasteiger partial charge >= 0.3 is 0 Å². The SMILES string of the molecule is Cc1ccc(CC(c2cc(F)cc(F)c2)c2nc(-c3ccc(C=O)cc3)no2)cc1C. The minimum absolute atomic E-state index is 0.262. The highest BCUT2D eigenvalue weighted by Gasteiger charge is 2.24. The average Bonchev–Trinajstić information content (AvgIpc) is 3.23. The molecule has 4 rings (SSSR count). The fourth-order valence-electron chi connectivity index (χ4n) is 3.50. The lowest BCUT2D eigenvalue weighted by atomic mass is 9.90. The fourth-order valence-corrected chi connectivity index (χ4v) is 3.50. The van der Waals surface area contributed by atoms with E-state index in [0.29, 0.717) is 28.9 Å². The second-order valence-corrected chi connectivity index (χ2v) is 7.57. The zero-order chi connectivity index (χ0) is 22.0. The molecule has 0 N–H and O–H groups in total. The first-order valence-electron chi connectivity index (χ1n) is 9.84. The highest BCUT2D eigenvalue weighted by atomic mass is 19.1. The standard InChI is InChI=1S/C25H20F2N2O2/c1-15-3-4-18(9-16(15)2)10-23(20-11-21(26)13-22(27)12-20)25-28-24(29-31-25)19-7-5-17(14-30)6-8-19/h3-9,11-14,23H,10H2,1-2H3. The van der Waals surface area contributed by atoms with E-state index < -0.39 is 17.6 Å². The molecule has 0 saturated carbocycles. The van der Waals surface area contributed by atoms with Crippen LogP contribution in [0.1, 0.15) is 44.4 Å². The Morgan fingerprint density at radius 2 is 1.65 bits per heavy atom. The van der Waals surface area contributed by atoms with Gasteiger partial charge in [0, 0.05) is 17.2 Å². The summed E-state index contributed by atoms with van der Waals surface area (Å²) in [5, 5.41) is 4.04. The van der Waals surface area contributed by atoms with Crippen molar-refractivity contribution in [2.24, 2.45) is 0 Å². The van der Waals surface area contributed by atoms with Gasteiger partial charge in [-0.15, -0.1) is 0 Å². The summed E-state index contributed by atoms with van der Waals surface area (Å²) in [4.78, 5) is 15.4. The number of nitrogens with zero attached hydrogens (tertiary/aromatic N) is 2. The van der Waals surface area contributed by atoms with Crippen LogP contribution in [0.3, 0.4) is 0 Å². The molecule has 0 fully saturated rings. The molecule has 0 amide bonds. The van der Waals surface area contributed by atoms with Crippen LogP contribution < -0.4 is 0 Å². The number of rotatable bonds is 6. The maximum Gasteiger partial charge on any atom is 0.234 e. The largest absolute Gasteiger partial charge is 0.338 e. The number of carbonyl (C=O) groups excluding carboxylic acids is 1.